The van der Waals surface area contributed by atoms with Crippen molar-refractivity contribution in [3.8, 4) is 0 Å². The lowest BCUT2D eigenvalue weighted by molar-refractivity contribution is -0.384. The van der Waals surface area contributed by atoms with Crippen molar-refractivity contribution in [2.45, 2.75) is 6.92 Å². The fourth-order valence-electron chi connectivity index (χ4n) is 1.98. The van der Waals surface area contributed by atoms with Crippen LogP contribution in [-0.4, -0.2) is 21.9 Å². The predicted molar refractivity (Wildman–Crippen MR) is 93.8 cm³/mol. The van der Waals surface area contributed by atoms with Crippen molar-refractivity contribution in [3.63, 3.8) is 0 Å². The molecule has 0 aromatic heterocycles. The lowest BCUT2D eigenvalue weighted by Gasteiger charge is -2.08. The number of nitro benzene ring substituents is 1. The fraction of sp³-hybridized carbons (Fsp3) is 0.0588. The van der Waals surface area contributed by atoms with Gasteiger partial charge in [-0.3, -0.25) is 14.9 Å². The number of nitro groups is 1. The second kappa shape index (κ2) is 7.59. The first kappa shape index (κ1) is 18.2. The molecule has 0 saturated carbocycles. The molecule has 0 heterocycles. The van der Waals surface area contributed by atoms with Gasteiger partial charge in [-0.25, -0.2) is 4.79 Å². The van der Waals surface area contributed by atoms with Crippen molar-refractivity contribution in [3.05, 3.63) is 74.3 Å². The highest BCUT2D eigenvalue weighted by atomic mass is 35.5. The van der Waals surface area contributed by atoms with Crippen LogP contribution in [0, 0.1) is 10.1 Å². The van der Waals surface area contributed by atoms with Crippen LogP contribution in [0.2, 0.25) is 5.02 Å². The van der Waals surface area contributed by atoms with Gasteiger partial charge in [0.05, 0.1) is 21.2 Å². The summed E-state index contributed by atoms with van der Waals surface area (Å²) in [6.07, 6.45) is 1.55. The van der Waals surface area contributed by atoms with Gasteiger partial charge < -0.3 is 10.4 Å². The number of nitrogens with zero attached hydrogens (tertiary/aromatic N) is 1. The van der Waals surface area contributed by atoms with Gasteiger partial charge in [0.15, 0.2) is 0 Å². The summed E-state index contributed by atoms with van der Waals surface area (Å²) in [6, 6.07) is 9.70. The second-order valence-electron chi connectivity index (χ2n) is 5.13. The van der Waals surface area contributed by atoms with Crippen molar-refractivity contribution < 1.29 is 19.6 Å². The van der Waals surface area contributed by atoms with E-state index in [4.69, 9.17) is 16.7 Å². The Morgan fingerprint density at radius 1 is 1.20 bits per heavy atom. The highest BCUT2D eigenvalue weighted by Gasteiger charge is 2.11. The molecule has 0 spiro atoms. The first-order valence-electron chi connectivity index (χ1n) is 7.05. The number of benzene rings is 2. The van der Waals surface area contributed by atoms with Gasteiger partial charge in [0.2, 0.25) is 0 Å². The van der Waals surface area contributed by atoms with Crippen LogP contribution < -0.4 is 5.32 Å². The molecule has 0 aliphatic rings. The number of halogens is 1. The smallest absolute Gasteiger partial charge is 0.335 e. The molecule has 2 rings (SSSR count). The van der Waals surface area contributed by atoms with Gasteiger partial charge >= 0.3 is 5.97 Å². The van der Waals surface area contributed by atoms with Crippen molar-refractivity contribution in [1.82, 2.24) is 0 Å². The van der Waals surface area contributed by atoms with Gasteiger partial charge in [0, 0.05) is 17.7 Å². The zero-order chi connectivity index (χ0) is 18.6. The van der Waals surface area contributed by atoms with Gasteiger partial charge in [0.25, 0.3) is 11.6 Å². The van der Waals surface area contributed by atoms with E-state index in [1.165, 1.54) is 42.5 Å². The van der Waals surface area contributed by atoms with E-state index in [1.807, 2.05) is 0 Å². The van der Waals surface area contributed by atoms with Crippen LogP contribution in [0.15, 0.2) is 48.0 Å². The number of carbonyl (C=O) groups is 2. The molecular weight excluding hydrogens is 348 g/mol. The van der Waals surface area contributed by atoms with E-state index in [0.717, 1.165) is 0 Å². The number of nitrogens with one attached hydrogen (secondary N) is 1. The molecule has 128 valence electrons. The minimum absolute atomic E-state index is 0.00305. The summed E-state index contributed by atoms with van der Waals surface area (Å²) in [7, 11) is 0. The summed E-state index contributed by atoms with van der Waals surface area (Å²) in [6.45, 7) is 1.56. The Balaban J connectivity index is 2.18. The Morgan fingerprint density at radius 2 is 1.84 bits per heavy atom. The largest absolute Gasteiger partial charge is 0.478 e. The molecule has 0 bridgehead atoms. The lowest BCUT2D eigenvalue weighted by atomic mass is 10.1. The first-order valence-corrected chi connectivity index (χ1v) is 7.42. The normalized spacial score (nSPS) is 11.0. The zero-order valence-corrected chi connectivity index (χ0v) is 13.8. The molecule has 1 amide bonds. The van der Waals surface area contributed by atoms with Gasteiger partial charge in [-0.2, -0.15) is 0 Å². The Bertz CT molecular complexity index is 875. The van der Waals surface area contributed by atoms with Crippen LogP contribution in [0.4, 0.5) is 11.4 Å². The standard InChI is InChI=1S/C17H13ClN2O5/c1-10(8-11-2-5-13(6-3-11)20(24)25)16(21)19-15-9-12(17(22)23)4-7-14(15)18/h2-9H,1H3,(H,19,21)(H,22,23). The quantitative estimate of drug-likeness (QED) is 0.476. The van der Waals surface area contributed by atoms with E-state index < -0.39 is 16.8 Å². The highest BCUT2D eigenvalue weighted by Crippen LogP contribution is 2.24. The van der Waals surface area contributed by atoms with E-state index >= 15 is 0 Å². The average molecular weight is 361 g/mol. The van der Waals surface area contributed by atoms with Crippen molar-refractivity contribution >= 4 is 40.9 Å². The first-order chi connectivity index (χ1) is 11.8. The SMILES string of the molecule is CC(=Cc1ccc([N+](=O)[O-])cc1)C(=O)Nc1cc(C(=O)O)ccc1Cl. The minimum atomic E-state index is -1.13. The van der Waals surface area contributed by atoms with Crippen LogP contribution in [-0.2, 0) is 4.79 Å². The molecule has 0 atom stereocenters. The zero-order valence-electron chi connectivity index (χ0n) is 13.0. The molecular formula is C17H13ClN2O5. The topological polar surface area (TPSA) is 110 Å². The number of amides is 1. The molecule has 25 heavy (non-hydrogen) atoms. The summed E-state index contributed by atoms with van der Waals surface area (Å²) in [5, 5.41) is 22.4. The highest BCUT2D eigenvalue weighted by molar-refractivity contribution is 6.34. The summed E-state index contributed by atoms with van der Waals surface area (Å²) in [4.78, 5) is 33.3. The Morgan fingerprint density at radius 3 is 2.40 bits per heavy atom. The molecule has 2 N–H and O–H groups in total. The summed E-state index contributed by atoms with van der Waals surface area (Å²) in [5.74, 6) is -1.60. The maximum absolute atomic E-state index is 12.2. The van der Waals surface area contributed by atoms with Gasteiger partial charge in [0.1, 0.15) is 0 Å². The average Bonchev–Trinajstić information content (AvgIpc) is 2.57. The number of aromatic carboxylic acids is 1. The number of anilines is 1. The Hall–Kier alpha value is -3.19. The van der Waals surface area contributed by atoms with Gasteiger partial charge in [-0.15, -0.1) is 0 Å². The minimum Gasteiger partial charge on any atom is -0.478 e. The molecule has 0 aliphatic carbocycles. The van der Waals surface area contributed by atoms with Gasteiger partial charge in [-0.1, -0.05) is 11.6 Å². The van der Waals surface area contributed by atoms with E-state index in [-0.39, 0.29) is 22.0 Å². The van der Waals surface area contributed by atoms with Crippen molar-refractivity contribution in [1.29, 1.82) is 0 Å². The van der Waals surface area contributed by atoms with Gasteiger partial charge in [-0.05, 0) is 48.9 Å². The maximum atomic E-state index is 12.2. The van der Waals surface area contributed by atoms with Crippen LogP contribution >= 0.6 is 11.6 Å². The number of carboxylic acid groups (broad SMARTS) is 1. The third-order valence-electron chi connectivity index (χ3n) is 3.31. The van der Waals surface area contributed by atoms with Crippen LogP contribution in [0.1, 0.15) is 22.8 Å². The molecule has 0 radical (unpaired) electrons. The Labute approximate surface area is 147 Å². The van der Waals surface area contributed by atoms with E-state index in [2.05, 4.69) is 5.32 Å². The fourth-order valence-corrected chi connectivity index (χ4v) is 2.15. The molecule has 0 saturated heterocycles. The molecule has 0 fully saturated rings. The van der Waals surface area contributed by atoms with E-state index in [0.29, 0.717) is 11.1 Å². The van der Waals surface area contributed by atoms with Crippen molar-refractivity contribution in [2.24, 2.45) is 0 Å². The number of hydrogen-bond acceptors (Lipinski definition) is 4. The van der Waals surface area contributed by atoms with Crippen LogP contribution in [0.25, 0.3) is 6.08 Å². The van der Waals surface area contributed by atoms with Crippen molar-refractivity contribution in [2.75, 3.05) is 5.32 Å². The lowest BCUT2D eigenvalue weighted by Crippen LogP contribution is -2.13. The number of non-ortho nitro benzene ring substituents is 1. The molecule has 0 aliphatic heterocycles. The molecule has 2 aromatic rings. The molecule has 7 nitrogen and oxygen atoms in total. The number of carbonyl (C=O) groups excluding carboxylic acids is 1. The monoisotopic (exact) mass is 360 g/mol. The molecule has 0 unspecified atom stereocenters. The van der Waals surface area contributed by atoms with Crippen LogP contribution in [0.5, 0.6) is 0 Å². The summed E-state index contributed by atoms with van der Waals surface area (Å²) in [5.41, 5.74) is 1.07. The molecule has 8 heteroatoms. The summed E-state index contributed by atoms with van der Waals surface area (Å²) >= 11 is 5.97. The predicted octanol–water partition coefficient (Wildman–Crippen LogP) is 3.99. The van der Waals surface area contributed by atoms with Crippen LogP contribution in [0.3, 0.4) is 0 Å². The molecule has 2 aromatic carbocycles. The third-order valence-corrected chi connectivity index (χ3v) is 3.64. The van der Waals surface area contributed by atoms with E-state index in [9.17, 15) is 19.7 Å². The Kier molecular flexibility index (Phi) is 5.51. The number of rotatable bonds is 5. The van der Waals surface area contributed by atoms with E-state index in [1.54, 1.807) is 13.0 Å². The number of carboxylic acids is 1. The maximum Gasteiger partial charge on any atom is 0.335 e. The summed E-state index contributed by atoms with van der Waals surface area (Å²) < 4.78 is 0. The number of hydrogen-bond donors (Lipinski definition) is 2. The second-order valence-corrected chi connectivity index (χ2v) is 5.54. The third kappa shape index (κ3) is 4.65.